The summed E-state index contributed by atoms with van der Waals surface area (Å²) in [5.74, 6) is -0.836. The highest BCUT2D eigenvalue weighted by molar-refractivity contribution is 6.00. The van der Waals surface area contributed by atoms with Crippen LogP contribution in [0.5, 0.6) is 5.75 Å². The quantitative estimate of drug-likeness (QED) is 0.281. The maximum absolute atomic E-state index is 13.9. The lowest BCUT2D eigenvalue weighted by atomic mass is 9.91. The standard InChI is InChI=1S/C27H27F2N3O4/c28-22-10-7-21(24(29)15-22)17-30-32-26(34)27(16-19-5-2-1-3-6-19)18-36-25(31-27)20-8-11-23(12-9-20)35-14-4-13-33/h1-3,5-12,15,30,33H,4,13-14,16-18H2,(H,32,34)/t27-/m0/s1. The predicted molar refractivity (Wildman–Crippen MR) is 130 cm³/mol. The number of hydrogen-bond acceptors (Lipinski definition) is 6. The molecule has 4 rings (SSSR count). The first-order valence-corrected chi connectivity index (χ1v) is 11.6. The molecule has 7 nitrogen and oxygen atoms in total. The molecule has 3 N–H and O–H groups in total. The summed E-state index contributed by atoms with van der Waals surface area (Å²) in [7, 11) is 0. The summed E-state index contributed by atoms with van der Waals surface area (Å²) in [6.07, 6.45) is 0.828. The second-order valence-electron chi connectivity index (χ2n) is 8.39. The second-order valence-corrected chi connectivity index (χ2v) is 8.39. The number of carbonyl (C=O) groups is 1. The van der Waals surface area contributed by atoms with E-state index in [1.54, 1.807) is 24.3 Å². The van der Waals surface area contributed by atoms with Crippen molar-refractivity contribution in [1.82, 2.24) is 10.9 Å². The van der Waals surface area contributed by atoms with E-state index in [1.165, 1.54) is 6.07 Å². The number of hydrogen-bond donors (Lipinski definition) is 3. The van der Waals surface area contributed by atoms with Crippen LogP contribution in [-0.4, -0.2) is 42.3 Å². The van der Waals surface area contributed by atoms with Crippen LogP contribution in [0.15, 0.2) is 77.8 Å². The van der Waals surface area contributed by atoms with Crippen LogP contribution in [0.4, 0.5) is 8.78 Å². The third kappa shape index (κ3) is 6.24. The van der Waals surface area contributed by atoms with E-state index < -0.39 is 23.1 Å². The molecule has 188 valence electrons. The van der Waals surface area contributed by atoms with Gasteiger partial charge in [-0.25, -0.2) is 19.2 Å². The van der Waals surface area contributed by atoms with Crippen molar-refractivity contribution in [3.63, 3.8) is 0 Å². The van der Waals surface area contributed by atoms with Crippen molar-refractivity contribution in [2.75, 3.05) is 19.8 Å². The molecule has 1 aliphatic heterocycles. The third-order valence-corrected chi connectivity index (χ3v) is 5.69. The van der Waals surface area contributed by atoms with Gasteiger partial charge in [-0.05, 0) is 35.9 Å². The molecule has 36 heavy (non-hydrogen) atoms. The molecule has 1 atom stereocenters. The minimum absolute atomic E-state index is 0.0183. The smallest absolute Gasteiger partial charge is 0.266 e. The summed E-state index contributed by atoms with van der Waals surface area (Å²) in [6.45, 7) is 0.448. The molecule has 1 amide bonds. The molecule has 0 aliphatic carbocycles. The molecule has 3 aromatic carbocycles. The van der Waals surface area contributed by atoms with Crippen LogP contribution in [0, 0.1) is 11.6 Å². The summed E-state index contributed by atoms with van der Waals surface area (Å²) in [5.41, 5.74) is 5.87. The summed E-state index contributed by atoms with van der Waals surface area (Å²) >= 11 is 0. The Kier molecular flexibility index (Phi) is 8.24. The number of aliphatic hydroxyl groups is 1. The van der Waals surface area contributed by atoms with Crippen LogP contribution in [0.1, 0.15) is 23.1 Å². The highest BCUT2D eigenvalue weighted by atomic mass is 19.1. The zero-order valence-electron chi connectivity index (χ0n) is 19.5. The van der Waals surface area contributed by atoms with E-state index >= 15 is 0 Å². The lowest BCUT2D eigenvalue weighted by Crippen LogP contribution is -2.52. The summed E-state index contributed by atoms with van der Waals surface area (Å²) in [6, 6.07) is 19.9. The van der Waals surface area contributed by atoms with Crippen molar-refractivity contribution in [3.05, 3.63) is 101 Å². The van der Waals surface area contributed by atoms with E-state index in [0.29, 0.717) is 30.2 Å². The van der Waals surface area contributed by atoms with Gasteiger partial charge in [-0.15, -0.1) is 0 Å². The van der Waals surface area contributed by atoms with Gasteiger partial charge in [0.05, 0.1) is 6.61 Å². The minimum atomic E-state index is -1.25. The van der Waals surface area contributed by atoms with Gasteiger partial charge in [0, 0.05) is 43.2 Å². The van der Waals surface area contributed by atoms with E-state index in [-0.39, 0.29) is 31.7 Å². The molecule has 3 aromatic rings. The third-order valence-electron chi connectivity index (χ3n) is 5.69. The predicted octanol–water partition coefficient (Wildman–Crippen LogP) is 3.31. The topological polar surface area (TPSA) is 92.2 Å². The average Bonchev–Trinajstić information content (AvgIpc) is 3.32. The van der Waals surface area contributed by atoms with E-state index in [4.69, 9.17) is 14.6 Å². The Morgan fingerprint density at radius 2 is 1.86 bits per heavy atom. The van der Waals surface area contributed by atoms with Gasteiger partial charge in [-0.2, -0.15) is 0 Å². The van der Waals surface area contributed by atoms with Crippen molar-refractivity contribution >= 4 is 11.8 Å². The highest BCUT2D eigenvalue weighted by Crippen LogP contribution is 2.27. The molecule has 0 saturated heterocycles. The number of carbonyl (C=O) groups excluding carboxylic acids is 1. The van der Waals surface area contributed by atoms with Crippen LogP contribution in [0.25, 0.3) is 0 Å². The Labute approximate surface area is 207 Å². The SMILES string of the molecule is O=C(NNCc1ccc(F)cc1F)[C@]1(Cc2ccccc2)COC(c2ccc(OCCCO)cc2)=N1. The van der Waals surface area contributed by atoms with Gasteiger partial charge >= 0.3 is 0 Å². The summed E-state index contributed by atoms with van der Waals surface area (Å²) in [4.78, 5) is 18.0. The number of halogens is 2. The zero-order valence-corrected chi connectivity index (χ0v) is 19.5. The van der Waals surface area contributed by atoms with Crippen LogP contribution >= 0.6 is 0 Å². The number of hydrazine groups is 1. The van der Waals surface area contributed by atoms with Crippen molar-refractivity contribution < 1.29 is 28.2 Å². The Bertz CT molecular complexity index is 1210. The van der Waals surface area contributed by atoms with Crippen LogP contribution in [-0.2, 0) is 22.5 Å². The Hall–Kier alpha value is -3.82. The molecule has 0 spiro atoms. The normalized spacial score (nSPS) is 16.8. The molecular formula is C27H27F2N3O4. The Balaban J connectivity index is 1.50. The first kappa shape index (κ1) is 25.3. The molecule has 9 heteroatoms. The van der Waals surface area contributed by atoms with Crippen molar-refractivity contribution in [2.24, 2.45) is 4.99 Å². The molecule has 0 bridgehead atoms. The summed E-state index contributed by atoms with van der Waals surface area (Å²) in [5, 5.41) is 8.89. The lowest BCUT2D eigenvalue weighted by molar-refractivity contribution is -0.127. The number of nitrogens with one attached hydrogen (secondary N) is 2. The van der Waals surface area contributed by atoms with Gasteiger partial charge in [0.25, 0.3) is 5.91 Å². The monoisotopic (exact) mass is 495 g/mol. The number of rotatable bonds is 11. The molecule has 0 saturated carbocycles. The molecular weight excluding hydrogens is 468 g/mol. The molecule has 1 heterocycles. The molecule has 0 radical (unpaired) electrons. The number of nitrogens with zero attached hydrogens (tertiary/aromatic N) is 1. The maximum Gasteiger partial charge on any atom is 0.266 e. The Morgan fingerprint density at radius 3 is 2.58 bits per heavy atom. The zero-order chi connectivity index (χ0) is 25.4. The van der Waals surface area contributed by atoms with E-state index in [9.17, 15) is 13.6 Å². The molecule has 0 aromatic heterocycles. The van der Waals surface area contributed by atoms with E-state index in [1.807, 2.05) is 30.3 Å². The van der Waals surface area contributed by atoms with Gasteiger partial charge in [-0.1, -0.05) is 36.4 Å². The van der Waals surface area contributed by atoms with Crippen LogP contribution in [0.3, 0.4) is 0 Å². The van der Waals surface area contributed by atoms with Gasteiger partial charge in [-0.3, -0.25) is 10.2 Å². The first-order chi connectivity index (χ1) is 17.5. The number of amides is 1. The Morgan fingerprint density at radius 1 is 1.08 bits per heavy atom. The van der Waals surface area contributed by atoms with Gasteiger partial charge < -0.3 is 14.6 Å². The van der Waals surface area contributed by atoms with E-state index in [2.05, 4.69) is 15.8 Å². The molecule has 0 fully saturated rings. The maximum atomic E-state index is 13.9. The van der Waals surface area contributed by atoms with Crippen molar-refractivity contribution in [2.45, 2.75) is 24.9 Å². The van der Waals surface area contributed by atoms with Crippen molar-refractivity contribution in [1.29, 1.82) is 0 Å². The lowest BCUT2D eigenvalue weighted by Gasteiger charge is -2.23. The minimum Gasteiger partial charge on any atom is -0.494 e. The number of aliphatic hydroxyl groups excluding tert-OH is 1. The first-order valence-electron chi connectivity index (χ1n) is 11.6. The largest absolute Gasteiger partial charge is 0.494 e. The van der Waals surface area contributed by atoms with Gasteiger partial charge in [0.1, 0.15) is 24.0 Å². The number of aliphatic imine (C=N–C) groups is 1. The van der Waals surface area contributed by atoms with Crippen molar-refractivity contribution in [3.8, 4) is 5.75 Å². The molecule has 0 unspecified atom stereocenters. The second kappa shape index (κ2) is 11.7. The fourth-order valence-electron chi connectivity index (χ4n) is 3.76. The van der Waals surface area contributed by atoms with Gasteiger partial charge in [0.15, 0.2) is 5.54 Å². The highest BCUT2D eigenvalue weighted by Gasteiger charge is 2.44. The number of ether oxygens (including phenoxy) is 2. The fourth-order valence-corrected chi connectivity index (χ4v) is 3.76. The molecule has 1 aliphatic rings. The van der Waals surface area contributed by atoms with Crippen LogP contribution in [0.2, 0.25) is 0 Å². The van der Waals surface area contributed by atoms with E-state index in [0.717, 1.165) is 17.7 Å². The fraction of sp³-hybridized carbons (Fsp3) is 0.259. The number of benzene rings is 3. The summed E-state index contributed by atoms with van der Waals surface area (Å²) < 4.78 is 38.5. The van der Waals surface area contributed by atoms with Crippen LogP contribution < -0.4 is 15.6 Å². The van der Waals surface area contributed by atoms with Gasteiger partial charge in [0.2, 0.25) is 5.90 Å². The average molecular weight is 496 g/mol.